The zero-order valence-corrected chi connectivity index (χ0v) is 16.0. The van der Waals surface area contributed by atoms with E-state index in [0.717, 1.165) is 12.0 Å². The van der Waals surface area contributed by atoms with E-state index in [1.807, 2.05) is 69.3 Å². The molecule has 0 saturated heterocycles. The molecule has 1 atom stereocenters. The number of carbonyl (C=O) groups is 2. The smallest absolute Gasteiger partial charge is 0.312 e. The number of hydrogen-bond donors (Lipinski definition) is 3. The van der Waals surface area contributed by atoms with E-state index in [2.05, 4.69) is 10.6 Å². The Morgan fingerprint density at radius 2 is 1.74 bits per heavy atom. The van der Waals surface area contributed by atoms with Gasteiger partial charge in [0.25, 0.3) is 0 Å². The molecule has 144 valence electrons. The molecule has 0 aliphatic carbocycles. The molecule has 0 saturated carbocycles. The Kier molecular flexibility index (Phi) is 6.82. The summed E-state index contributed by atoms with van der Waals surface area (Å²) >= 11 is 0. The molecule has 0 radical (unpaired) electrons. The first kappa shape index (κ1) is 20.3. The number of ether oxygens (including phenoxy) is 1. The maximum Gasteiger partial charge on any atom is 0.312 e. The third kappa shape index (κ3) is 6.66. The van der Waals surface area contributed by atoms with Crippen LogP contribution in [0, 0.1) is 0 Å². The van der Waals surface area contributed by atoms with Crippen molar-refractivity contribution < 1.29 is 14.3 Å². The molecule has 0 aliphatic heterocycles. The minimum absolute atomic E-state index is 0.0845. The van der Waals surface area contributed by atoms with Crippen molar-refractivity contribution in [1.29, 1.82) is 0 Å². The lowest BCUT2D eigenvalue weighted by atomic mass is 9.99. The fourth-order valence-corrected chi connectivity index (χ4v) is 2.55. The predicted molar refractivity (Wildman–Crippen MR) is 106 cm³/mol. The molecule has 0 heterocycles. The van der Waals surface area contributed by atoms with Gasteiger partial charge in [-0.3, -0.25) is 4.79 Å². The molecule has 27 heavy (non-hydrogen) atoms. The second-order valence-corrected chi connectivity index (χ2v) is 7.04. The van der Waals surface area contributed by atoms with E-state index in [4.69, 9.17) is 10.5 Å². The van der Waals surface area contributed by atoms with E-state index in [-0.39, 0.29) is 17.9 Å². The molecule has 3 amide bonds. The minimum Gasteiger partial charge on any atom is -0.457 e. The molecule has 6 nitrogen and oxygen atoms in total. The van der Waals surface area contributed by atoms with E-state index in [1.54, 1.807) is 6.07 Å². The summed E-state index contributed by atoms with van der Waals surface area (Å²) in [6, 6.07) is 15.4. The molecule has 2 aromatic carbocycles. The van der Waals surface area contributed by atoms with Gasteiger partial charge in [0.1, 0.15) is 11.5 Å². The van der Waals surface area contributed by atoms with Gasteiger partial charge in [-0.2, -0.15) is 0 Å². The highest BCUT2D eigenvalue weighted by Crippen LogP contribution is 2.26. The minimum atomic E-state index is -0.683. The van der Waals surface area contributed by atoms with Crippen LogP contribution in [-0.2, 0) is 4.79 Å². The quantitative estimate of drug-likeness (QED) is 0.659. The van der Waals surface area contributed by atoms with Crippen LogP contribution in [0.2, 0.25) is 0 Å². The van der Waals surface area contributed by atoms with Gasteiger partial charge in [-0.05, 0) is 50.1 Å². The van der Waals surface area contributed by atoms with Gasteiger partial charge in [-0.1, -0.05) is 37.3 Å². The topological polar surface area (TPSA) is 93.5 Å². The van der Waals surface area contributed by atoms with E-state index in [0.29, 0.717) is 11.5 Å². The fourth-order valence-electron chi connectivity index (χ4n) is 2.55. The van der Waals surface area contributed by atoms with E-state index in [9.17, 15) is 9.59 Å². The predicted octanol–water partition coefficient (Wildman–Crippen LogP) is 3.88. The molecule has 0 spiro atoms. The number of para-hydroxylation sites is 1. The van der Waals surface area contributed by atoms with Crippen LogP contribution in [0.3, 0.4) is 0 Å². The molecule has 0 fully saturated rings. The van der Waals surface area contributed by atoms with E-state index in [1.165, 1.54) is 0 Å². The molecular formula is C21H27N3O3. The fraction of sp³-hybridized carbons (Fsp3) is 0.333. The van der Waals surface area contributed by atoms with E-state index < -0.39 is 12.1 Å². The van der Waals surface area contributed by atoms with Crippen molar-refractivity contribution in [3.63, 3.8) is 0 Å². The number of hydrogen-bond acceptors (Lipinski definition) is 3. The molecular weight excluding hydrogens is 342 g/mol. The van der Waals surface area contributed by atoms with Crippen LogP contribution < -0.4 is 21.1 Å². The van der Waals surface area contributed by atoms with Gasteiger partial charge in [0.15, 0.2) is 0 Å². The van der Waals surface area contributed by atoms with Crippen molar-refractivity contribution in [2.75, 3.05) is 0 Å². The first-order chi connectivity index (χ1) is 12.8. The number of urea groups is 1. The normalized spacial score (nSPS) is 12.1. The summed E-state index contributed by atoms with van der Waals surface area (Å²) in [5.74, 6) is 1.16. The average Bonchev–Trinajstić information content (AvgIpc) is 2.61. The van der Waals surface area contributed by atoms with Crippen LogP contribution in [0.1, 0.15) is 45.2 Å². The number of nitrogens with two attached hydrogens (primary N) is 1. The second-order valence-electron chi connectivity index (χ2n) is 7.04. The van der Waals surface area contributed by atoms with Crippen LogP contribution in [0.15, 0.2) is 54.6 Å². The number of amides is 3. The van der Waals surface area contributed by atoms with Crippen LogP contribution in [0.5, 0.6) is 11.5 Å². The summed E-state index contributed by atoms with van der Waals surface area (Å²) in [6.07, 6.45) is 0.883. The highest BCUT2D eigenvalue weighted by molar-refractivity contribution is 5.79. The third-order valence-corrected chi connectivity index (χ3v) is 4.31. The van der Waals surface area contributed by atoms with Crippen molar-refractivity contribution in [1.82, 2.24) is 10.6 Å². The van der Waals surface area contributed by atoms with Crippen LogP contribution in [-0.4, -0.2) is 17.5 Å². The van der Waals surface area contributed by atoms with Gasteiger partial charge in [-0.15, -0.1) is 0 Å². The Bertz CT molecular complexity index is 775. The van der Waals surface area contributed by atoms with Crippen LogP contribution in [0.4, 0.5) is 4.79 Å². The summed E-state index contributed by atoms with van der Waals surface area (Å²) in [5, 5.41) is 5.62. The monoisotopic (exact) mass is 369 g/mol. The molecule has 4 N–H and O–H groups in total. The van der Waals surface area contributed by atoms with Crippen molar-refractivity contribution in [2.24, 2.45) is 5.73 Å². The molecule has 0 aromatic heterocycles. The van der Waals surface area contributed by atoms with Crippen LogP contribution in [0.25, 0.3) is 0 Å². The maximum atomic E-state index is 12.4. The molecule has 1 unspecified atom stereocenters. The zero-order chi connectivity index (χ0) is 19.9. The lowest BCUT2D eigenvalue weighted by molar-refractivity contribution is -0.123. The van der Waals surface area contributed by atoms with Crippen molar-refractivity contribution >= 4 is 11.9 Å². The second kappa shape index (κ2) is 9.07. The Morgan fingerprint density at radius 1 is 1.07 bits per heavy atom. The SMILES string of the molecule is CCC(C)(C)NC(=O)CC(NC(N)=O)c1cccc(Oc2ccccc2)c1. The first-order valence-electron chi connectivity index (χ1n) is 8.99. The summed E-state index contributed by atoms with van der Waals surface area (Å²) in [6.45, 7) is 5.91. The van der Waals surface area contributed by atoms with Gasteiger partial charge >= 0.3 is 6.03 Å². The van der Waals surface area contributed by atoms with Gasteiger partial charge < -0.3 is 21.1 Å². The van der Waals surface area contributed by atoms with Crippen LogP contribution >= 0.6 is 0 Å². The van der Waals surface area contributed by atoms with E-state index >= 15 is 0 Å². The lowest BCUT2D eigenvalue weighted by Gasteiger charge is -2.26. The number of nitrogens with one attached hydrogen (secondary N) is 2. The zero-order valence-electron chi connectivity index (χ0n) is 16.0. The summed E-state index contributed by atoms with van der Waals surface area (Å²) < 4.78 is 5.83. The summed E-state index contributed by atoms with van der Waals surface area (Å²) in [4.78, 5) is 23.9. The molecule has 6 heteroatoms. The molecule has 0 bridgehead atoms. The average molecular weight is 369 g/mol. The summed E-state index contributed by atoms with van der Waals surface area (Å²) in [7, 11) is 0. The summed E-state index contributed by atoms with van der Waals surface area (Å²) in [5.41, 5.74) is 5.74. The first-order valence-corrected chi connectivity index (χ1v) is 8.99. The van der Waals surface area contributed by atoms with Crippen molar-refractivity contribution in [2.45, 2.75) is 45.2 Å². The molecule has 2 aromatic rings. The Morgan fingerprint density at radius 3 is 2.37 bits per heavy atom. The molecule has 0 aliphatic rings. The van der Waals surface area contributed by atoms with Gasteiger partial charge in [-0.25, -0.2) is 4.79 Å². The highest BCUT2D eigenvalue weighted by Gasteiger charge is 2.22. The maximum absolute atomic E-state index is 12.4. The van der Waals surface area contributed by atoms with Gasteiger partial charge in [0, 0.05) is 5.54 Å². The third-order valence-electron chi connectivity index (χ3n) is 4.31. The Hall–Kier alpha value is -3.02. The number of carbonyl (C=O) groups excluding carboxylic acids is 2. The van der Waals surface area contributed by atoms with Gasteiger partial charge in [0.05, 0.1) is 12.5 Å². The largest absolute Gasteiger partial charge is 0.457 e. The van der Waals surface area contributed by atoms with Crippen molar-refractivity contribution in [3.05, 3.63) is 60.2 Å². The number of rotatable bonds is 8. The molecule has 2 rings (SSSR count). The number of benzene rings is 2. The highest BCUT2D eigenvalue weighted by atomic mass is 16.5. The Balaban J connectivity index is 2.17. The lowest BCUT2D eigenvalue weighted by Crippen LogP contribution is -2.44. The van der Waals surface area contributed by atoms with Crippen molar-refractivity contribution in [3.8, 4) is 11.5 Å². The Labute approximate surface area is 160 Å². The van der Waals surface area contributed by atoms with Gasteiger partial charge in [0.2, 0.25) is 5.91 Å². The number of primary amides is 1. The standard InChI is InChI=1S/C21H27N3O3/c1-4-21(2,3)24-19(25)14-18(23-20(22)26)15-9-8-12-17(13-15)27-16-10-6-5-7-11-16/h5-13,18H,4,14H2,1-3H3,(H,24,25)(H3,22,23,26).